The van der Waals surface area contributed by atoms with Gasteiger partial charge in [0.1, 0.15) is 0 Å². The maximum atomic E-state index is 2.61. The van der Waals surface area contributed by atoms with Crippen LogP contribution in [0.2, 0.25) is 0 Å². The van der Waals surface area contributed by atoms with Gasteiger partial charge in [0.25, 0.3) is 0 Å². The van der Waals surface area contributed by atoms with Crippen molar-refractivity contribution in [1.82, 2.24) is 0 Å². The average molecular weight is 391 g/mol. The van der Waals surface area contributed by atoms with Gasteiger partial charge in [-0.2, -0.15) is 0 Å². The van der Waals surface area contributed by atoms with Crippen molar-refractivity contribution in [1.29, 1.82) is 0 Å². The molecule has 0 radical (unpaired) electrons. The molecule has 0 fully saturated rings. The van der Waals surface area contributed by atoms with Gasteiger partial charge in [-0.15, -0.1) is 0 Å². The van der Waals surface area contributed by atoms with Crippen LogP contribution < -0.4 is 0 Å². The molecule has 150 valence electrons. The fourth-order valence-electron chi connectivity index (χ4n) is 6.78. The van der Waals surface area contributed by atoms with Crippen LogP contribution in [0.15, 0.2) is 36.4 Å². The van der Waals surface area contributed by atoms with Gasteiger partial charge in [-0.25, -0.2) is 0 Å². The molecule has 0 N–H and O–H groups in total. The van der Waals surface area contributed by atoms with Crippen molar-refractivity contribution in [2.75, 3.05) is 0 Å². The highest BCUT2D eigenvalue weighted by molar-refractivity contribution is 5.49. The van der Waals surface area contributed by atoms with Crippen LogP contribution in [-0.2, 0) is 77.0 Å². The fourth-order valence-corrected chi connectivity index (χ4v) is 6.78. The quantitative estimate of drug-likeness (QED) is 0.465. The third kappa shape index (κ3) is 2.73. The summed E-state index contributed by atoms with van der Waals surface area (Å²) in [6.07, 6.45) is 14.6. The van der Waals surface area contributed by atoms with E-state index in [1.807, 2.05) is 0 Å². The van der Waals surface area contributed by atoms with Crippen LogP contribution in [-0.4, -0.2) is 0 Å². The van der Waals surface area contributed by atoms with E-state index in [-0.39, 0.29) is 0 Å². The molecule has 30 heavy (non-hydrogen) atoms. The van der Waals surface area contributed by atoms with Gasteiger partial charge in [0.2, 0.25) is 0 Å². The van der Waals surface area contributed by atoms with Gasteiger partial charge < -0.3 is 0 Å². The van der Waals surface area contributed by atoms with E-state index in [9.17, 15) is 0 Å². The van der Waals surface area contributed by atoms with Crippen LogP contribution in [0.5, 0.6) is 0 Å². The Hall–Kier alpha value is -2.34. The molecule has 0 aliphatic heterocycles. The highest BCUT2D eigenvalue weighted by Gasteiger charge is 2.22. The lowest BCUT2D eigenvalue weighted by Crippen LogP contribution is -2.12. The Bertz CT molecular complexity index is 868. The Balaban J connectivity index is 1.49. The zero-order chi connectivity index (χ0) is 19.7. The highest BCUT2D eigenvalue weighted by atomic mass is 14.3. The third-order valence-corrected chi connectivity index (χ3v) is 8.55. The van der Waals surface area contributed by atoms with Gasteiger partial charge in [-0.1, -0.05) is 36.4 Å². The molecule has 0 bridgehead atoms. The number of hydrogen-bond acceptors (Lipinski definition) is 0. The zero-order valence-electron chi connectivity index (χ0n) is 17.9. The van der Waals surface area contributed by atoms with Crippen molar-refractivity contribution in [2.45, 2.75) is 77.0 Å². The summed E-state index contributed by atoms with van der Waals surface area (Å²) in [4.78, 5) is 0. The fraction of sp³-hybridized carbons (Fsp3) is 0.400. The SMILES string of the molecule is c1c2c3cc4c1CCc1cc5c(cc1CC4)CCc1cc(c(cc1CC5)CC2)CC3. The number of benzene rings is 3. The van der Waals surface area contributed by atoms with Crippen LogP contribution in [0.25, 0.3) is 0 Å². The van der Waals surface area contributed by atoms with Crippen LogP contribution in [0.3, 0.4) is 0 Å². The first-order valence-corrected chi connectivity index (χ1v) is 12.2. The highest BCUT2D eigenvalue weighted by Crippen LogP contribution is 2.33. The minimum Gasteiger partial charge on any atom is -0.0552 e. The van der Waals surface area contributed by atoms with E-state index >= 15 is 0 Å². The summed E-state index contributed by atoms with van der Waals surface area (Å²) in [7, 11) is 0. The molecule has 0 atom stereocenters. The minimum absolute atomic E-state index is 1.22. The summed E-state index contributed by atoms with van der Waals surface area (Å²) in [6.45, 7) is 0. The Labute approximate surface area is 180 Å². The van der Waals surface area contributed by atoms with Gasteiger partial charge in [0.15, 0.2) is 0 Å². The Morgan fingerprint density at radius 2 is 0.300 bits per heavy atom. The molecule has 0 amide bonds. The summed E-state index contributed by atoms with van der Waals surface area (Å²) in [5, 5.41) is 0. The van der Waals surface area contributed by atoms with E-state index in [0.717, 1.165) is 0 Å². The molecule has 3 aromatic rings. The van der Waals surface area contributed by atoms with Crippen molar-refractivity contribution in [3.63, 3.8) is 0 Å². The van der Waals surface area contributed by atoms with Crippen molar-refractivity contribution in [3.8, 4) is 0 Å². The standard InChI is InChI=1S/C30H30/c1-2-20-14-24-7-9-28-17-27-6-5-22-13-19(1)21-3-4-23(20)16-26(24)11-12-30(28)18-29(27)10-8-25(22)15-21/h13-18H,1-12H2. The number of rotatable bonds is 0. The van der Waals surface area contributed by atoms with Crippen LogP contribution in [0, 0.1) is 0 Å². The number of fused-ring (bicyclic) bond motifs is 6. The molecule has 3 aromatic carbocycles. The number of hydrogen-bond donors (Lipinski definition) is 0. The van der Waals surface area contributed by atoms with Gasteiger partial charge in [0.05, 0.1) is 0 Å². The Morgan fingerprint density at radius 1 is 0.200 bits per heavy atom. The van der Waals surface area contributed by atoms with Crippen LogP contribution in [0.1, 0.15) is 66.8 Å². The molecule has 0 unspecified atom stereocenters. The summed E-state index contributed by atoms with van der Waals surface area (Å²) in [5.41, 5.74) is 19.7. The van der Waals surface area contributed by atoms with E-state index < -0.39 is 0 Å². The minimum atomic E-state index is 1.22. The molecule has 3 aliphatic rings. The maximum Gasteiger partial charge on any atom is -0.0235 e. The van der Waals surface area contributed by atoms with E-state index in [4.69, 9.17) is 0 Å². The van der Waals surface area contributed by atoms with Gasteiger partial charge in [-0.05, 0) is 144 Å². The first-order valence-electron chi connectivity index (χ1n) is 12.2. The maximum absolute atomic E-state index is 2.61. The lowest BCUT2D eigenvalue weighted by Gasteiger charge is -2.23. The predicted molar refractivity (Wildman–Crippen MR) is 124 cm³/mol. The molecule has 0 saturated heterocycles. The predicted octanol–water partition coefficient (Wildman–Crippen LogP) is 5.65. The van der Waals surface area contributed by atoms with Crippen molar-refractivity contribution < 1.29 is 0 Å². The topological polar surface area (TPSA) is 0 Å². The summed E-state index contributed by atoms with van der Waals surface area (Å²) in [5.74, 6) is 0. The first-order chi connectivity index (χ1) is 14.8. The molecule has 6 rings (SSSR count). The third-order valence-electron chi connectivity index (χ3n) is 8.55. The van der Waals surface area contributed by atoms with Gasteiger partial charge >= 0.3 is 0 Å². The van der Waals surface area contributed by atoms with E-state index in [0.29, 0.717) is 0 Å². The van der Waals surface area contributed by atoms with E-state index in [1.54, 1.807) is 66.8 Å². The molecular weight excluding hydrogens is 360 g/mol. The Kier molecular flexibility index (Phi) is 3.80. The average Bonchev–Trinajstić information content (AvgIpc) is 2.74. The summed E-state index contributed by atoms with van der Waals surface area (Å²) >= 11 is 0. The molecule has 3 aliphatic carbocycles. The molecule has 0 saturated carbocycles. The molecule has 0 spiro atoms. The molecule has 0 heteroatoms. The second-order valence-electron chi connectivity index (χ2n) is 10.2. The molecule has 0 heterocycles. The van der Waals surface area contributed by atoms with Crippen LogP contribution in [0.4, 0.5) is 0 Å². The summed E-state index contributed by atoms with van der Waals surface area (Å²) < 4.78 is 0. The van der Waals surface area contributed by atoms with Gasteiger partial charge in [0, 0.05) is 0 Å². The molecular formula is C30H30. The van der Waals surface area contributed by atoms with Crippen molar-refractivity contribution >= 4 is 0 Å². The monoisotopic (exact) mass is 390 g/mol. The molecule has 0 aromatic heterocycles. The molecule has 0 nitrogen and oxygen atoms in total. The van der Waals surface area contributed by atoms with Crippen molar-refractivity contribution in [3.05, 3.63) is 103 Å². The Morgan fingerprint density at radius 3 is 0.400 bits per heavy atom. The van der Waals surface area contributed by atoms with Gasteiger partial charge in [-0.3, -0.25) is 0 Å². The lowest BCUT2D eigenvalue weighted by atomic mass is 9.82. The first kappa shape index (κ1) is 17.4. The smallest absolute Gasteiger partial charge is 0.0235 e. The zero-order valence-corrected chi connectivity index (χ0v) is 17.9. The lowest BCUT2D eigenvalue weighted by molar-refractivity contribution is 0.804. The summed E-state index contributed by atoms with van der Waals surface area (Å²) in [6, 6.07) is 15.7. The van der Waals surface area contributed by atoms with E-state index in [2.05, 4.69) is 36.4 Å². The van der Waals surface area contributed by atoms with Crippen molar-refractivity contribution in [2.24, 2.45) is 0 Å². The second-order valence-corrected chi connectivity index (χ2v) is 10.2. The second kappa shape index (κ2) is 6.58. The normalized spacial score (nSPS) is 18.4. The number of aryl methyl sites for hydroxylation is 12. The van der Waals surface area contributed by atoms with Crippen LogP contribution >= 0.6 is 0 Å². The van der Waals surface area contributed by atoms with E-state index in [1.165, 1.54) is 77.0 Å². The largest absolute Gasteiger partial charge is 0.0552 e.